The number of benzene rings is 1. The molecule has 1 aliphatic heterocycles. The number of imide groups is 1. The van der Waals surface area contributed by atoms with Crippen LogP contribution in [0.3, 0.4) is 0 Å². The van der Waals surface area contributed by atoms with Gasteiger partial charge in [-0.3, -0.25) is 15.0 Å². The first-order valence-corrected chi connectivity index (χ1v) is 10.7. The molecule has 0 bridgehead atoms. The Labute approximate surface area is 173 Å². The third-order valence-electron chi connectivity index (χ3n) is 5.31. The van der Waals surface area contributed by atoms with Crippen LogP contribution in [0.5, 0.6) is 0 Å². The highest BCUT2D eigenvalue weighted by atomic mass is 32.2. The van der Waals surface area contributed by atoms with E-state index < -0.39 is 17.5 Å². The van der Waals surface area contributed by atoms with E-state index in [-0.39, 0.29) is 11.7 Å². The van der Waals surface area contributed by atoms with Crippen molar-refractivity contribution in [2.45, 2.75) is 49.3 Å². The van der Waals surface area contributed by atoms with Crippen LogP contribution in [0, 0.1) is 0 Å². The summed E-state index contributed by atoms with van der Waals surface area (Å²) >= 11 is 1.26. The summed E-state index contributed by atoms with van der Waals surface area (Å²) in [5.74, 6) is -0.720. The van der Waals surface area contributed by atoms with Crippen LogP contribution < -0.4 is 10.7 Å². The predicted molar refractivity (Wildman–Crippen MR) is 108 cm³/mol. The Morgan fingerprint density at radius 2 is 1.93 bits per heavy atom. The van der Waals surface area contributed by atoms with Crippen LogP contribution in [0.2, 0.25) is 0 Å². The maximum Gasteiger partial charge on any atom is 0.344 e. The zero-order valence-corrected chi connectivity index (χ0v) is 16.8. The summed E-state index contributed by atoms with van der Waals surface area (Å²) in [5.41, 5.74) is 2.74. The number of aromatic nitrogens is 2. The van der Waals surface area contributed by atoms with E-state index in [0.29, 0.717) is 24.5 Å². The van der Waals surface area contributed by atoms with Crippen molar-refractivity contribution in [3.05, 3.63) is 48.3 Å². The molecule has 152 valence electrons. The normalized spacial score (nSPS) is 18.1. The average Bonchev–Trinajstić information content (AvgIpc) is 3.26. The molecule has 1 saturated heterocycles. The lowest BCUT2D eigenvalue weighted by Crippen LogP contribution is -2.51. The molecule has 1 aromatic carbocycles. The summed E-state index contributed by atoms with van der Waals surface area (Å²) in [6, 6.07) is 9.42. The summed E-state index contributed by atoms with van der Waals surface area (Å²) in [6.45, 7) is 0.653. The molecule has 4 amide bonds. The van der Waals surface area contributed by atoms with Gasteiger partial charge in [0.1, 0.15) is 5.54 Å². The van der Waals surface area contributed by atoms with Crippen molar-refractivity contribution in [1.82, 2.24) is 25.3 Å². The molecular formula is C20H23N5O3S. The fourth-order valence-electron chi connectivity index (χ4n) is 3.84. The van der Waals surface area contributed by atoms with Gasteiger partial charge in [-0.05, 0) is 18.4 Å². The summed E-state index contributed by atoms with van der Waals surface area (Å²) in [5, 5.41) is 4.32. The molecule has 1 aliphatic carbocycles. The van der Waals surface area contributed by atoms with E-state index in [4.69, 9.17) is 0 Å². The lowest BCUT2D eigenvalue weighted by Gasteiger charge is -2.30. The Balaban J connectivity index is 1.34. The SMILES string of the molecule is O=C(CSc1nccn1Cc1ccccc1)NN1C(=O)NC2(CCCCC2)C1=O. The topological polar surface area (TPSA) is 96.3 Å². The number of hydrazine groups is 1. The number of amides is 4. The number of carbonyl (C=O) groups is 3. The summed E-state index contributed by atoms with van der Waals surface area (Å²) < 4.78 is 1.96. The predicted octanol–water partition coefficient (Wildman–Crippen LogP) is 2.31. The van der Waals surface area contributed by atoms with Gasteiger partial charge in [0.2, 0.25) is 5.91 Å². The molecular weight excluding hydrogens is 390 g/mol. The number of urea groups is 1. The third kappa shape index (κ3) is 4.14. The number of carbonyl (C=O) groups excluding carboxylic acids is 3. The highest BCUT2D eigenvalue weighted by Crippen LogP contribution is 2.33. The highest BCUT2D eigenvalue weighted by Gasteiger charge is 2.52. The van der Waals surface area contributed by atoms with Crippen LogP contribution in [0.1, 0.15) is 37.7 Å². The molecule has 2 aliphatic rings. The van der Waals surface area contributed by atoms with E-state index >= 15 is 0 Å². The molecule has 0 unspecified atom stereocenters. The van der Waals surface area contributed by atoms with Crippen molar-refractivity contribution in [3.8, 4) is 0 Å². The monoisotopic (exact) mass is 413 g/mol. The first-order chi connectivity index (χ1) is 14.1. The van der Waals surface area contributed by atoms with Gasteiger partial charge in [-0.15, -0.1) is 0 Å². The lowest BCUT2D eigenvalue weighted by molar-refractivity contribution is -0.139. The van der Waals surface area contributed by atoms with Gasteiger partial charge in [0.15, 0.2) is 5.16 Å². The molecule has 9 heteroatoms. The Morgan fingerprint density at radius 1 is 1.17 bits per heavy atom. The van der Waals surface area contributed by atoms with Crippen LogP contribution in [0.15, 0.2) is 47.9 Å². The number of hydrogen-bond donors (Lipinski definition) is 2. The van der Waals surface area contributed by atoms with E-state index in [1.807, 2.05) is 41.1 Å². The number of imidazole rings is 1. The molecule has 8 nitrogen and oxygen atoms in total. The molecule has 2 heterocycles. The van der Waals surface area contributed by atoms with Crippen molar-refractivity contribution < 1.29 is 14.4 Å². The van der Waals surface area contributed by atoms with Crippen molar-refractivity contribution in [1.29, 1.82) is 0 Å². The Kier molecular flexibility index (Phi) is 5.57. The molecule has 2 fully saturated rings. The molecule has 2 N–H and O–H groups in total. The zero-order chi connectivity index (χ0) is 20.3. The number of rotatable bonds is 6. The van der Waals surface area contributed by atoms with E-state index in [1.165, 1.54) is 11.8 Å². The maximum absolute atomic E-state index is 12.7. The highest BCUT2D eigenvalue weighted by molar-refractivity contribution is 7.99. The van der Waals surface area contributed by atoms with Crippen molar-refractivity contribution >= 4 is 29.6 Å². The minimum Gasteiger partial charge on any atom is -0.322 e. The molecule has 0 atom stereocenters. The second kappa shape index (κ2) is 8.28. The second-order valence-corrected chi connectivity index (χ2v) is 8.30. The first kappa shape index (κ1) is 19.5. The van der Waals surface area contributed by atoms with Gasteiger partial charge in [-0.25, -0.2) is 9.78 Å². The minimum absolute atomic E-state index is 0.0515. The number of hydrogen-bond acceptors (Lipinski definition) is 5. The third-order valence-corrected chi connectivity index (χ3v) is 6.32. The van der Waals surface area contributed by atoms with Gasteiger partial charge in [-0.2, -0.15) is 5.01 Å². The molecule has 0 radical (unpaired) electrons. The fourth-order valence-corrected chi connectivity index (χ4v) is 4.59. The van der Waals surface area contributed by atoms with Crippen molar-refractivity contribution in [2.24, 2.45) is 0 Å². The molecule has 29 heavy (non-hydrogen) atoms. The van der Waals surface area contributed by atoms with Gasteiger partial charge >= 0.3 is 6.03 Å². The van der Waals surface area contributed by atoms with Crippen molar-refractivity contribution in [3.63, 3.8) is 0 Å². The molecule has 4 rings (SSSR count). The van der Waals surface area contributed by atoms with Crippen LogP contribution >= 0.6 is 11.8 Å². The van der Waals surface area contributed by atoms with Gasteiger partial charge in [0.05, 0.1) is 5.75 Å². The van der Waals surface area contributed by atoms with Crippen LogP contribution in [-0.4, -0.2) is 43.7 Å². The summed E-state index contributed by atoms with van der Waals surface area (Å²) in [7, 11) is 0. The van der Waals surface area contributed by atoms with E-state index in [1.54, 1.807) is 6.20 Å². The van der Waals surface area contributed by atoms with Crippen molar-refractivity contribution in [2.75, 3.05) is 5.75 Å². The molecule has 1 saturated carbocycles. The van der Waals surface area contributed by atoms with Crippen LogP contribution in [0.25, 0.3) is 0 Å². The largest absolute Gasteiger partial charge is 0.344 e. The Hall–Kier alpha value is -2.81. The maximum atomic E-state index is 12.7. The Bertz CT molecular complexity index is 908. The summed E-state index contributed by atoms with van der Waals surface area (Å²) in [4.78, 5) is 41.6. The molecule has 1 spiro atoms. The zero-order valence-electron chi connectivity index (χ0n) is 16.0. The number of nitrogens with zero attached hydrogens (tertiary/aromatic N) is 3. The van der Waals surface area contributed by atoms with Gasteiger partial charge < -0.3 is 9.88 Å². The standard InChI is InChI=1S/C20H23N5O3S/c26-16(23-25-17(27)20(22-18(25)28)9-5-2-6-10-20)14-29-19-21-11-12-24(19)13-15-7-3-1-4-8-15/h1,3-4,7-8,11-12H,2,5-6,9-10,13-14H2,(H,22,28)(H,23,26). The Morgan fingerprint density at radius 3 is 2.69 bits per heavy atom. The van der Waals surface area contributed by atoms with Crippen LogP contribution in [0.4, 0.5) is 4.79 Å². The van der Waals surface area contributed by atoms with Gasteiger partial charge in [0.25, 0.3) is 5.91 Å². The quantitative estimate of drug-likeness (QED) is 0.560. The number of thioether (sulfide) groups is 1. The smallest absolute Gasteiger partial charge is 0.322 e. The minimum atomic E-state index is -0.846. The lowest BCUT2D eigenvalue weighted by atomic mass is 9.82. The van der Waals surface area contributed by atoms with E-state index in [9.17, 15) is 14.4 Å². The first-order valence-electron chi connectivity index (χ1n) is 9.71. The summed E-state index contributed by atoms with van der Waals surface area (Å²) in [6.07, 6.45) is 7.64. The number of nitrogens with one attached hydrogen (secondary N) is 2. The molecule has 2 aromatic rings. The molecule has 1 aromatic heterocycles. The van der Waals surface area contributed by atoms with E-state index in [2.05, 4.69) is 15.7 Å². The van der Waals surface area contributed by atoms with Gasteiger partial charge in [0, 0.05) is 18.9 Å². The fraction of sp³-hybridized carbons (Fsp3) is 0.400. The van der Waals surface area contributed by atoms with E-state index in [0.717, 1.165) is 29.8 Å². The van der Waals surface area contributed by atoms with Crippen LogP contribution in [-0.2, 0) is 16.1 Å². The average molecular weight is 414 g/mol. The van der Waals surface area contributed by atoms with Gasteiger partial charge in [-0.1, -0.05) is 61.4 Å². The second-order valence-electron chi connectivity index (χ2n) is 7.36.